The minimum Gasteiger partial charge on any atom is -0.343 e. The number of hydrogen-bond acceptors (Lipinski definition) is 5. The van der Waals surface area contributed by atoms with Crippen LogP contribution in [0.5, 0.6) is 0 Å². The maximum Gasteiger partial charge on any atom is 0.272 e. The lowest BCUT2D eigenvalue weighted by molar-refractivity contribution is 0.0672. The van der Waals surface area contributed by atoms with E-state index in [2.05, 4.69) is 15.0 Å². The third-order valence-corrected chi connectivity index (χ3v) is 4.56. The normalized spacial score (nSPS) is 17.0. The number of amides is 2. The molecular weight excluding hydrogens is 330 g/mol. The average molecular weight is 353 g/mol. The van der Waals surface area contributed by atoms with Gasteiger partial charge in [-0.1, -0.05) is 0 Å². The maximum absolute atomic E-state index is 12.6. The molecule has 3 rings (SSSR count). The third-order valence-electron chi connectivity index (χ3n) is 4.56. The second-order valence-corrected chi connectivity index (χ2v) is 6.80. The summed E-state index contributed by atoms with van der Waals surface area (Å²) in [5.41, 5.74) is 1.86. The van der Waals surface area contributed by atoms with Crippen LogP contribution in [0.4, 0.5) is 0 Å². The Morgan fingerprint density at radius 1 is 1.31 bits per heavy atom. The van der Waals surface area contributed by atoms with Crippen molar-refractivity contribution in [3.05, 3.63) is 53.9 Å². The summed E-state index contributed by atoms with van der Waals surface area (Å²) >= 11 is 0. The number of hydrogen-bond donors (Lipinski definition) is 0. The molecule has 2 aromatic heterocycles. The Labute approximate surface area is 153 Å². The monoisotopic (exact) mass is 353 g/mol. The minimum absolute atomic E-state index is 0.0222. The molecule has 1 atom stereocenters. The molecule has 0 unspecified atom stereocenters. The lowest BCUT2D eigenvalue weighted by Crippen LogP contribution is -2.40. The minimum atomic E-state index is -0.134. The first-order valence-corrected chi connectivity index (χ1v) is 8.76. The van der Waals surface area contributed by atoms with Gasteiger partial charge in [0.2, 0.25) is 0 Å². The van der Waals surface area contributed by atoms with E-state index in [0.29, 0.717) is 23.7 Å². The van der Waals surface area contributed by atoms with Gasteiger partial charge in [-0.2, -0.15) is 0 Å². The SMILES string of the molecule is CN(C)C(=O)c1cc(C[C@H]2CCCN(C(=O)c3cccnc3)C2)ncn1. The molecule has 1 aliphatic rings. The zero-order valence-electron chi connectivity index (χ0n) is 15.1. The van der Waals surface area contributed by atoms with Crippen molar-refractivity contribution in [1.82, 2.24) is 24.8 Å². The highest BCUT2D eigenvalue weighted by Crippen LogP contribution is 2.21. The van der Waals surface area contributed by atoms with Crippen LogP contribution in [0, 0.1) is 5.92 Å². The summed E-state index contributed by atoms with van der Waals surface area (Å²) in [6.07, 6.45) is 7.44. The number of rotatable bonds is 4. The van der Waals surface area contributed by atoms with Gasteiger partial charge in [-0.3, -0.25) is 14.6 Å². The van der Waals surface area contributed by atoms with Crippen molar-refractivity contribution in [2.45, 2.75) is 19.3 Å². The van der Waals surface area contributed by atoms with Crippen molar-refractivity contribution in [2.75, 3.05) is 27.2 Å². The lowest BCUT2D eigenvalue weighted by Gasteiger charge is -2.32. The summed E-state index contributed by atoms with van der Waals surface area (Å²) in [5.74, 6) is 0.209. The lowest BCUT2D eigenvalue weighted by atomic mass is 9.92. The van der Waals surface area contributed by atoms with Crippen LogP contribution < -0.4 is 0 Å². The van der Waals surface area contributed by atoms with Crippen LogP contribution in [-0.2, 0) is 6.42 Å². The molecule has 0 saturated carbocycles. The Bertz CT molecular complexity index is 779. The van der Waals surface area contributed by atoms with Crippen LogP contribution in [0.2, 0.25) is 0 Å². The smallest absolute Gasteiger partial charge is 0.272 e. The van der Waals surface area contributed by atoms with E-state index in [4.69, 9.17) is 0 Å². The fourth-order valence-corrected chi connectivity index (χ4v) is 3.24. The predicted octanol–water partition coefficient (Wildman–Crippen LogP) is 1.67. The molecule has 1 fully saturated rings. The molecule has 2 amide bonds. The fraction of sp³-hybridized carbons (Fsp3) is 0.421. The number of aromatic nitrogens is 3. The van der Waals surface area contributed by atoms with Crippen LogP contribution in [0.15, 0.2) is 36.9 Å². The van der Waals surface area contributed by atoms with E-state index in [9.17, 15) is 9.59 Å². The topological polar surface area (TPSA) is 79.3 Å². The number of likely N-dealkylation sites (tertiary alicyclic amines) is 1. The first-order chi connectivity index (χ1) is 12.5. The van der Waals surface area contributed by atoms with Crippen molar-refractivity contribution in [3.8, 4) is 0 Å². The van der Waals surface area contributed by atoms with Crippen molar-refractivity contribution < 1.29 is 9.59 Å². The van der Waals surface area contributed by atoms with Crippen molar-refractivity contribution in [1.29, 1.82) is 0 Å². The molecule has 2 aromatic rings. The van der Waals surface area contributed by atoms with Gasteiger partial charge in [0.05, 0.1) is 5.56 Å². The zero-order valence-corrected chi connectivity index (χ0v) is 15.1. The van der Waals surface area contributed by atoms with E-state index in [0.717, 1.165) is 31.5 Å². The molecule has 1 saturated heterocycles. The molecule has 0 spiro atoms. The van der Waals surface area contributed by atoms with E-state index in [-0.39, 0.29) is 11.8 Å². The third kappa shape index (κ3) is 4.22. The van der Waals surface area contributed by atoms with Gasteiger partial charge in [-0.05, 0) is 43.4 Å². The van der Waals surface area contributed by atoms with Gasteiger partial charge >= 0.3 is 0 Å². The average Bonchev–Trinajstić information content (AvgIpc) is 2.68. The van der Waals surface area contributed by atoms with E-state index >= 15 is 0 Å². The van der Waals surface area contributed by atoms with Crippen LogP contribution in [-0.4, -0.2) is 63.8 Å². The van der Waals surface area contributed by atoms with Gasteiger partial charge in [-0.15, -0.1) is 0 Å². The molecule has 0 aliphatic carbocycles. The van der Waals surface area contributed by atoms with E-state index in [1.807, 2.05) is 4.90 Å². The van der Waals surface area contributed by atoms with Gasteiger partial charge in [0.25, 0.3) is 11.8 Å². The highest BCUT2D eigenvalue weighted by atomic mass is 16.2. The molecule has 0 radical (unpaired) electrons. The Morgan fingerprint density at radius 3 is 2.88 bits per heavy atom. The van der Waals surface area contributed by atoms with E-state index < -0.39 is 0 Å². The quantitative estimate of drug-likeness (QED) is 0.835. The van der Waals surface area contributed by atoms with Gasteiger partial charge in [0, 0.05) is 45.3 Å². The predicted molar refractivity (Wildman–Crippen MR) is 96.6 cm³/mol. The van der Waals surface area contributed by atoms with Crippen molar-refractivity contribution in [2.24, 2.45) is 5.92 Å². The van der Waals surface area contributed by atoms with Gasteiger partial charge < -0.3 is 9.80 Å². The van der Waals surface area contributed by atoms with Gasteiger partial charge in [0.1, 0.15) is 12.0 Å². The highest BCUT2D eigenvalue weighted by Gasteiger charge is 2.25. The number of carbonyl (C=O) groups is 2. The first kappa shape index (κ1) is 18.0. The Kier molecular flexibility index (Phi) is 5.55. The summed E-state index contributed by atoms with van der Waals surface area (Å²) in [5, 5.41) is 0. The number of piperidine rings is 1. The molecule has 7 heteroatoms. The summed E-state index contributed by atoms with van der Waals surface area (Å²) in [7, 11) is 3.40. The zero-order chi connectivity index (χ0) is 18.5. The molecule has 1 aliphatic heterocycles. The maximum atomic E-state index is 12.6. The largest absolute Gasteiger partial charge is 0.343 e. The standard InChI is InChI=1S/C19H23N5O2/c1-23(2)19(26)17-10-16(21-13-22-17)9-14-5-4-8-24(12-14)18(25)15-6-3-7-20-11-15/h3,6-7,10-11,13-14H,4-5,8-9,12H2,1-2H3/t14-/m1/s1. The van der Waals surface area contributed by atoms with E-state index in [1.165, 1.54) is 11.2 Å². The molecule has 0 aromatic carbocycles. The fourth-order valence-electron chi connectivity index (χ4n) is 3.24. The van der Waals surface area contributed by atoms with Gasteiger partial charge in [-0.25, -0.2) is 9.97 Å². The molecule has 7 nitrogen and oxygen atoms in total. The summed E-state index contributed by atoms with van der Waals surface area (Å²) < 4.78 is 0. The number of pyridine rings is 1. The number of nitrogens with zero attached hydrogens (tertiary/aromatic N) is 5. The molecule has 0 N–H and O–H groups in total. The van der Waals surface area contributed by atoms with Crippen molar-refractivity contribution >= 4 is 11.8 Å². The Hall–Kier alpha value is -2.83. The molecular formula is C19H23N5O2. The molecule has 0 bridgehead atoms. The second-order valence-electron chi connectivity index (χ2n) is 6.80. The van der Waals surface area contributed by atoms with Crippen LogP contribution >= 0.6 is 0 Å². The Balaban J connectivity index is 1.66. The van der Waals surface area contributed by atoms with Crippen LogP contribution in [0.3, 0.4) is 0 Å². The van der Waals surface area contributed by atoms with Gasteiger partial charge in [0.15, 0.2) is 0 Å². The van der Waals surface area contributed by atoms with E-state index in [1.54, 1.807) is 44.7 Å². The highest BCUT2D eigenvalue weighted by molar-refractivity contribution is 5.94. The molecule has 136 valence electrons. The molecule has 3 heterocycles. The summed E-state index contributed by atoms with van der Waals surface area (Å²) in [4.78, 5) is 40.5. The Morgan fingerprint density at radius 2 is 2.15 bits per heavy atom. The summed E-state index contributed by atoms with van der Waals surface area (Å²) in [6.45, 7) is 1.45. The number of carbonyl (C=O) groups excluding carboxylic acids is 2. The summed E-state index contributed by atoms with van der Waals surface area (Å²) in [6, 6.07) is 5.32. The van der Waals surface area contributed by atoms with Crippen molar-refractivity contribution in [3.63, 3.8) is 0 Å². The van der Waals surface area contributed by atoms with Crippen LogP contribution in [0.1, 0.15) is 39.4 Å². The molecule has 26 heavy (non-hydrogen) atoms. The second kappa shape index (κ2) is 8.03. The van der Waals surface area contributed by atoms with Crippen LogP contribution in [0.25, 0.3) is 0 Å². The first-order valence-electron chi connectivity index (χ1n) is 8.76.